The van der Waals surface area contributed by atoms with Gasteiger partial charge in [-0.2, -0.15) is 0 Å². The minimum atomic E-state index is -0.551. The molecule has 0 fully saturated rings. The van der Waals surface area contributed by atoms with Gasteiger partial charge in [-0.25, -0.2) is 4.98 Å². The zero-order chi connectivity index (χ0) is 25.0. The lowest BCUT2D eigenvalue weighted by Gasteiger charge is -2.36. The number of imidazole rings is 1. The summed E-state index contributed by atoms with van der Waals surface area (Å²) in [5.74, 6) is 1.94. The van der Waals surface area contributed by atoms with Crippen LogP contribution in [0.15, 0.2) is 79.0 Å². The van der Waals surface area contributed by atoms with E-state index in [0.29, 0.717) is 17.1 Å². The van der Waals surface area contributed by atoms with Crippen LogP contribution in [0.3, 0.4) is 0 Å². The van der Waals surface area contributed by atoms with Gasteiger partial charge >= 0.3 is 0 Å². The summed E-state index contributed by atoms with van der Waals surface area (Å²) in [6, 6.07) is 23.0. The van der Waals surface area contributed by atoms with Crippen molar-refractivity contribution in [1.82, 2.24) is 14.1 Å². The van der Waals surface area contributed by atoms with Gasteiger partial charge in [-0.15, -0.1) is 0 Å². The predicted octanol–water partition coefficient (Wildman–Crippen LogP) is 6.17. The first kappa shape index (κ1) is 22.2. The van der Waals surface area contributed by atoms with Gasteiger partial charge < -0.3 is 18.6 Å². The average molecular weight is 478 g/mol. The molecular formula is C30H27N3O3. The fraction of sp³-hybridized carbons (Fsp3) is 0.200. The number of aromatic nitrogens is 3. The number of Topliss-reactive ketones (excluding diaryl/α,β-unsaturated/α-hetero) is 1. The molecule has 0 unspecified atom stereocenters. The highest BCUT2D eigenvalue weighted by Gasteiger charge is 2.41. The van der Waals surface area contributed by atoms with Gasteiger partial charge in [-0.1, -0.05) is 30.3 Å². The Balaban J connectivity index is 1.66. The monoisotopic (exact) mass is 477 g/mol. The van der Waals surface area contributed by atoms with E-state index in [4.69, 9.17) is 14.5 Å². The summed E-state index contributed by atoms with van der Waals surface area (Å²) in [5, 5.41) is 0. The minimum absolute atomic E-state index is 0.0478. The molecule has 0 saturated heterocycles. The van der Waals surface area contributed by atoms with Gasteiger partial charge in [0.2, 0.25) is 0 Å². The number of benzene rings is 3. The number of ketones is 1. The van der Waals surface area contributed by atoms with Crippen molar-refractivity contribution in [2.75, 3.05) is 14.2 Å². The van der Waals surface area contributed by atoms with Crippen molar-refractivity contribution in [3.05, 3.63) is 101 Å². The van der Waals surface area contributed by atoms with Crippen molar-refractivity contribution in [3.8, 4) is 23.0 Å². The number of methoxy groups -OCH3 is 2. The summed E-state index contributed by atoms with van der Waals surface area (Å²) in [6.45, 7) is 4.22. The highest BCUT2D eigenvalue weighted by atomic mass is 16.5. The molecule has 6 rings (SSSR count). The SMILES string of the molecule is COc1ccc(OC)c(C(=O)[C@@H]2[C@@H](c3ccccc3)n3c(nc4cc(C)c(C)cc43)-c3cccn32)c1. The van der Waals surface area contributed by atoms with Crippen LogP contribution >= 0.6 is 0 Å². The van der Waals surface area contributed by atoms with Gasteiger partial charge in [0.1, 0.15) is 17.5 Å². The molecule has 0 spiro atoms. The third-order valence-electron chi connectivity index (χ3n) is 7.27. The summed E-state index contributed by atoms with van der Waals surface area (Å²) < 4.78 is 15.4. The second-order valence-electron chi connectivity index (χ2n) is 9.26. The molecule has 0 aliphatic carbocycles. The van der Waals surface area contributed by atoms with Gasteiger partial charge in [-0.05, 0) is 73.0 Å². The lowest BCUT2D eigenvalue weighted by molar-refractivity contribution is 0.0891. The molecule has 180 valence electrons. The summed E-state index contributed by atoms with van der Waals surface area (Å²) >= 11 is 0. The summed E-state index contributed by atoms with van der Waals surface area (Å²) in [6.07, 6.45) is 1.97. The van der Waals surface area contributed by atoms with Crippen molar-refractivity contribution in [2.45, 2.75) is 25.9 Å². The molecular weight excluding hydrogens is 450 g/mol. The quantitative estimate of drug-likeness (QED) is 0.284. The Morgan fingerprint density at radius 3 is 2.42 bits per heavy atom. The molecule has 3 aromatic carbocycles. The first-order chi connectivity index (χ1) is 17.5. The van der Waals surface area contributed by atoms with Gasteiger partial charge in [0.05, 0.1) is 42.6 Å². The van der Waals surface area contributed by atoms with Crippen LogP contribution in [0.5, 0.6) is 11.5 Å². The van der Waals surface area contributed by atoms with Crippen LogP contribution in [0.25, 0.3) is 22.6 Å². The maximum atomic E-state index is 14.5. The van der Waals surface area contributed by atoms with Crippen LogP contribution in [0.1, 0.15) is 39.1 Å². The molecule has 1 aliphatic heterocycles. The molecule has 0 N–H and O–H groups in total. The standard InChI is InChI=1S/C30H27N3O3/c1-18-15-23-25(16-19(18)2)33-27(20-9-6-5-7-10-20)28(32-14-8-11-24(32)30(33)31-23)29(34)22-17-21(35-3)12-13-26(22)36-4/h5-17,27-28H,1-4H3/t27-,28+/m1/s1. The smallest absolute Gasteiger partial charge is 0.191 e. The number of fused-ring (bicyclic) bond motifs is 5. The van der Waals surface area contributed by atoms with Crippen molar-refractivity contribution in [3.63, 3.8) is 0 Å². The van der Waals surface area contributed by atoms with Crippen LogP contribution in [0, 0.1) is 13.8 Å². The molecule has 0 saturated carbocycles. The van der Waals surface area contributed by atoms with E-state index in [0.717, 1.165) is 28.1 Å². The van der Waals surface area contributed by atoms with Gasteiger partial charge in [0, 0.05) is 6.20 Å². The Bertz CT molecular complexity index is 1610. The van der Waals surface area contributed by atoms with Gasteiger partial charge in [-0.3, -0.25) is 4.79 Å². The van der Waals surface area contributed by atoms with Crippen molar-refractivity contribution >= 4 is 16.8 Å². The first-order valence-corrected chi connectivity index (χ1v) is 12.0. The topological polar surface area (TPSA) is 58.3 Å². The lowest BCUT2D eigenvalue weighted by Crippen LogP contribution is -2.34. The summed E-state index contributed by atoms with van der Waals surface area (Å²) in [7, 11) is 3.18. The number of carbonyl (C=O) groups is 1. The molecule has 0 radical (unpaired) electrons. The predicted molar refractivity (Wildman–Crippen MR) is 140 cm³/mol. The number of hydrogen-bond acceptors (Lipinski definition) is 4. The van der Waals surface area contributed by atoms with Crippen LogP contribution in [0.2, 0.25) is 0 Å². The Morgan fingerprint density at radius 1 is 0.889 bits per heavy atom. The number of rotatable bonds is 5. The Labute approximate surface area is 209 Å². The third-order valence-corrected chi connectivity index (χ3v) is 7.27. The van der Waals surface area contributed by atoms with Crippen LogP contribution < -0.4 is 9.47 Å². The molecule has 2 aromatic heterocycles. The number of hydrogen-bond donors (Lipinski definition) is 0. The molecule has 36 heavy (non-hydrogen) atoms. The molecule has 2 atom stereocenters. The zero-order valence-electron chi connectivity index (χ0n) is 20.7. The van der Waals surface area contributed by atoms with E-state index < -0.39 is 6.04 Å². The van der Waals surface area contributed by atoms with Gasteiger partial charge in [0.15, 0.2) is 11.6 Å². The lowest BCUT2D eigenvalue weighted by atomic mass is 9.89. The van der Waals surface area contributed by atoms with E-state index >= 15 is 0 Å². The van der Waals surface area contributed by atoms with Gasteiger partial charge in [0.25, 0.3) is 0 Å². The second-order valence-corrected chi connectivity index (χ2v) is 9.26. The number of aryl methyl sites for hydroxylation is 2. The second kappa shape index (κ2) is 8.41. The maximum absolute atomic E-state index is 14.5. The zero-order valence-corrected chi connectivity index (χ0v) is 20.7. The number of ether oxygens (including phenoxy) is 2. The third kappa shape index (κ3) is 3.25. The number of nitrogens with zero attached hydrogens (tertiary/aromatic N) is 3. The molecule has 1 aliphatic rings. The maximum Gasteiger partial charge on any atom is 0.191 e. The fourth-order valence-corrected chi connectivity index (χ4v) is 5.35. The molecule has 0 bridgehead atoms. The summed E-state index contributed by atoms with van der Waals surface area (Å²) in [5.41, 5.74) is 6.76. The van der Waals surface area contributed by atoms with E-state index in [2.05, 4.69) is 47.2 Å². The molecule has 5 aromatic rings. The molecule has 6 nitrogen and oxygen atoms in total. The highest BCUT2D eigenvalue weighted by Crippen LogP contribution is 2.46. The molecule has 6 heteroatoms. The minimum Gasteiger partial charge on any atom is -0.497 e. The van der Waals surface area contributed by atoms with E-state index in [1.165, 1.54) is 11.1 Å². The van der Waals surface area contributed by atoms with Crippen LogP contribution in [-0.2, 0) is 0 Å². The van der Waals surface area contributed by atoms with Crippen LogP contribution in [-0.4, -0.2) is 34.1 Å². The van der Waals surface area contributed by atoms with E-state index in [1.807, 2.05) is 36.5 Å². The normalized spacial score (nSPS) is 16.4. The van der Waals surface area contributed by atoms with Crippen molar-refractivity contribution in [1.29, 1.82) is 0 Å². The first-order valence-electron chi connectivity index (χ1n) is 12.0. The molecule has 0 amide bonds. The van der Waals surface area contributed by atoms with Crippen LogP contribution in [0.4, 0.5) is 0 Å². The van der Waals surface area contributed by atoms with E-state index in [-0.39, 0.29) is 11.8 Å². The van der Waals surface area contributed by atoms with Crippen molar-refractivity contribution in [2.24, 2.45) is 0 Å². The van der Waals surface area contributed by atoms with E-state index in [1.54, 1.807) is 32.4 Å². The number of carbonyl (C=O) groups excluding carboxylic acids is 1. The summed E-state index contributed by atoms with van der Waals surface area (Å²) in [4.78, 5) is 19.5. The average Bonchev–Trinajstić information content (AvgIpc) is 3.53. The Morgan fingerprint density at radius 2 is 1.67 bits per heavy atom. The Kier molecular flexibility index (Phi) is 5.18. The fourth-order valence-electron chi connectivity index (χ4n) is 5.35. The van der Waals surface area contributed by atoms with E-state index in [9.17, 15) is 4.79 Å². The molecule has 3 heterocycles. The largest absolute Gasteiger partial charge is 0.497 e. The van der Waals surface area contributed by atoms with Crippen molar-refractivity contribution < 1.29 is 14.3 Å². The Hall–Kier alpha value is -4.32. The highest BCUT2D eigenvalue weighted by molar-refractivity contribution is 6.03.